The lowest BCUT2D eigenvalue weighted by Gasteiger charge is -2.14. The molecule has 0 saturated carbocycles. The van der Waals surface area contributed by atoms with Gasteiger partial charge in [-0.15, -0.1) is 11.3 Å². The third kappa shape index (κ3) is 5.10. The second-order valence-electron chi connectivity index (χ2n) is 7.95. The number of hydrogen-bond donors (Lipinski definition) is 0. The number of fused-ring (bicyclic) bond motifs is 3. The molecule has 10 heteroatoms. The fourth-order valence-electron chi connectivity index (χ4n) is 4.00. The van der Waals surface area contributed by atoms with Crippen molar-refractivity contribution in [2.24, 2.45) is 0 Å². The number of rotatable bonds is 7. The summed E-state index contributed by atoms with van der Waals surface area (Å²) in [6.45, 7) is 0. The molecule has 0 atom stereocenters. The van der Waals surface area contributed by atoms with E-state index in [4.69, 9.17) is 9.17 Å². The molecule has 2 aromatic heterocycles. The number of hydrogen-bond acceptors (Lipinski definition) is 7. The number of nitrogens with zero attached hydrogens (tertiary/aromatic N) is 2. The van der Waals surface area contributed by atoms with Crippen LogP contribution in [0.4, 0.5) is 0 Å². The van der Waals surface area contributed by atoms with E-state index in [0.717, 1.165) is 51.5 Å². The average Bonchev–Trinajstić information content (AvgIpc) is 3.35. The van der Waals surface area contributed by atoms with Gasteiger partial charge in [-0.1, -0.05) is 34.1 Å². The fraction of sp³-hybridized carbons (Fsp3) is 0.250. The SMILES string of the molecule is O=C(CCS(=O)(=O)Oc1ccc(Br)cc1)Sc1nc2sc3c(c2n1-c1ccccc1)CCCC3. The normalized spacial score (nSPS) is 13.7. The Bertz CT molecular complexity index is 1450. The number of thioether (sulfide) groups is 1. The molecule has 34 heavy (non-hydrogen) atoms. The quantitative estimate of drug-likeness (QED) is 0.194. The van der Waals surface area contributed by atoms with Gasteiger partial charge >= 0.3 is 10.1 Å². The number of benzene rings is 2. The van der Waals surface area contributed by atoms with Gasteiger partial charge in [0.2, 0.25) is 0 Å². The Morgan fingerprint density at radius 3 is 2.59 bits per heavy atom. The maximum absolute atomic E-state index is 12.8. The van der Waals surface area contributed by atoms with Crippen LogP contribution < -0.4 is 4.18 Å². The summed E-state index contributed by atoms with van der Waals surface area (Å²) in [5, 5.41) is 0.295. The summed E-state index contributed by atoms with van der Waals surface area (Å²) >= 11 is 5.99. The molecule has 2 aromatic carbocycles. The topological polar surface area (TPSA) is 78.3 Å². The first-order chi connectivity index (χ1) is 16.4. The van der Waals surface area contributed by atoms with Crippen molar-refractivity contribution >= 4 is 64.6 Å². The van der Waals surface area contributed by atoms with Crippen molar-refractivity contribution < 1.29 is 17.4 Å². The van der Waals surface area contributed by atoms with Crippen molar-refractivity contribution in [3.8, 4) is 11.4 Å². The van der Waals surface area contributed by atoms with Crippen LogP contribution in [0, 0.1) is 0 Å². The Morgan fingerprint density at radius 2 is 1.82 bits per heavy atom. The van der Waals surface area contributed by atoms with Gasteiger partial charge in [0, 0.05) is 21.5 Å². The lowest BCUT2D eigenvalue weighted by molar-refractivity contribution is -0.110. The molecule has 1 aliphatic rings. The Kier molecular flexibility index (Phi) is 6.83. The summed E-state index contributed by atoms with van der Waals surface area (Å²) in [4.78, 5) is 19.9. The van der Waals surface area contributed by atoms with E-state index in [1.807, 2.05) is 34.9 Å². The molecule has 0 N–H and O–H groups in total. The molecule has 0 fully saturated rings. The first-order valence-electron chi connectivity index (χ1n) is 10.9. The number of para-hydroxylation sites is 1. The van der Waals surface area contributed by atoms with E-state index in [9.17, 15) is 13.2 Å². The molecule has 0 amide bonds. The largest absolute Gasteiger partial charge is 0.382 e. The molecule has 6 nitrogen and oxygen atoms in total. The van der Waals surface area contributed by atoms with Crippen LogP contribution in [0.25, 0.3) is 16.0 Å². The molecular formula is C24H21BrN2O4S3. The maximum Gasteiger partial charge on any atom is 0.309 e. The zero-order valence-corrected chi connectivity index (χ0v) is 22.1. The van der Waals surface area contributed by atoms with Crippen LogP contribution in [-0.2, 0) is 27.8 Å². The van der Waals surface area contributed by atoms with E-state index in [2.05, 4.69) is 15.9 Å². The van der Waals surface area contributed by atoms with Gasteiger partial charge in [0.1, 0.15) is 10.6 Å². The van der Waals surface area contributed by atoms with Crippen molar-refractivity contribution in [1.82, 2.24) is 9.55 Å². The van der Waals surface area contributed by atoms with Crippen molar-refractivity contribution in [1.29, 1.82) is 0 Å². The van der Waals surface area contributed by atoms with E-state index >= 15 is 0 Å². The average molecular weight is 578 g/mol. The van der Waals surface area contributed by atoms with Gasteiger partial charge in [-0.2, -0.15) is 8.42 Å². The monoisotopic (exact) mass is 576 g/mol. The predicted octanol–water partition coefficient (Wildman–Crippen LogP) is 6.15. The minimum absolute atomic E-state index is 0.170. The highest BCUT2D eigenvalue weighted by Gasteiger charge is 2.25. The van der Waals surface area contributed by atoms with Gasteiger partial charge in [0.05, 0.1) is 11.3 Å². The molecule has 0 bridgehead atoms. The van der Waals surface area contributed by atoms with Crippen LogP contribution in [0.1, 0.15) is 29.7 Å². The molecular weight excluding hydrogens is 556 g/mol. The van der Waals surface area contributed by atoms with Gasteiger partial charge in [-0.05, 0) is 79.4 Å². The van der Waals surface area contributed by atoms with Gasteiger partial charge < -0.3 is 4.18 Å². The van der Waals surface area contributed by atoms with Crippen LogP contribution in [0.3, 0.4) is 0 Å². The van der Waals surface area contributed by atoms with E-state index in [0.29, 0.717) is 5.16 Å². The minimum Gasteiger partial charge on any atom is -0.382 e. The summed E-state index contributed by atoms with van der Waals surface area (Å²) < 4.78 is 32.7. The number of carbonyl (C=O) groups excluding carboxylic acids is 1. The number of aromatic nitrogens is 2. The first-order valence-corrected chi connectivity index (χ1v) is 14.9. The summed E-state index contributed by atoms with van der Waals surface area (Å²) in [6, 6.07) is 16.4. The molecule has 0 aliphatic heterocycles. The Morgan fingerprint density at radius 1 is 1.09 bits per heavy atom. The van der Waals surface area contributed by atoms with Gasteiger partial charge in [0.25, 0.3) is 0 Å². The van der Waals surface area contributed by atoms with Crippen molar-refractivity contribution in [2.45, 2.75) is 37.3 Å². The summed E-state index contributed by atoms with van der Waals surface area (Å²) in [5.74, 6) is -0.182. The number of aryl methyl sites for hydroxylation is 2. The molecule has 176 valence electrons. The molecule has 5 rings (SSSR count). The predicted molar refractivity (Wildman–Crippen MR) is 140 cm³/mol. The summed E-state index contributed by atoms with van der Waals surface area (Å²) in [5.41, 5.74) is 3.34. The van der Waals surface area contributed by atoms with Gasteiger partial charge in [-0.3, -0.25) is 9.36 Å². The van der Waals surface area contributed by atoms with Crippen molar-refractivity contribution in [3.05, 3.63) is 69.5 Å². The van der Waals surface area contributed by atoms with Crippen LogP contribution in [0.15, 0.2) is 64.2 Å². The Balaban J connectivity index is 1.36. The first kappa shape index (κ1) is 23.6. The number of carbonyl (C=O) groups is 1. The highest BCUT2D eigenvalue weighted by atomic mass is 79.9. The van der Waals surface area contributed by atoms with Crippen molar-refractivity contribution in [3.63, 3.8) is 0 Å². The third-order valence-corrected chi connectivity index (χ3v) is 9.29. The van der Waals surface area contributed by atoms with Crippen LogP contribution in [0.2, 0.25) is 0 Å². The van der Waals surface area contributed by atoms with Crippen molar-refractivity contribution in [2.75, 3.05) is 5.75 Å². The maximum atomic E-state index is 12.8. The van der Waals surface area contributed by atoms with E-state index < -0.39 is 15.9 Å². The summed E-state index contributed by atoms with van der Waals surface area (Å²) in [6.07, 6.45) is 4.26. The molecule has 0 radical (unpaired) electrons. The summed E-state index contributed by atoms with van der Waals surface area (Å²) in [7, 11) is -3.90. The lowest BCUT2D eigenvalue weighted by atomic mass is 9.98. The highest BCUT2D eigenvalue weighted by Crippen LogP contribution is 2.40. The Hall–Kier alpha value is -2.14. The molecule has 4 aromatic rings. The number of imidazole rings is 1. The van der Waals surface area contributed by atoms with Crippen LogP contribution in [-0.4, -0.2) is 28.8 Å². The molecule has 1 aliphatic carbocycles. The minimum atomic E-state index is -3.90. The van der Waals surface area contributed by atoms with Gasteiger partial charge in [0.15, 0.2) is 10.3 Å². The van der Waals surface area contributed by atoms with Crippen LogP contribution in [0.5, 0.6) is 5.75 Å². The van der Waals surface area contributed by atoms with E-state index in [1.165, 1.54) is 16.9 Å². The smallest absolute Gasteiger partial charge is 0.309 e. The zero-order valence-electron chi connectivity index (χ0n) is 18.1. The lowest BCUT2D eigenvalue weighted by Crippen LogP contribution is -2.16. The van der Waals surface area contributed by atoms with E-state index in [-0.39, 0.29) is 17.3 Å². The second-order valence-corrected chi connectivity index (χ2v) is 12.7. The van der Waals surface area contributed by atoms with E-state index in [1.54, 1.807) is 35.6 Å². The van der Waals surface area contributed by atoms with Crippen LogP contribution >= 0.6 is 39.0 Å². The number of thiophene rings is 1. The fourth-order valence-corrected chi connectivity index (χ4v) is 7.45. The zero-order chi connectivity index (χ0) is 23.7. The molecule has 2 heterocycles. The standard InChI is InChI=1S/C24H21BrN2O4S3/c25-16-10-12-18(13-11-16)31-34(29,30)15-14-21(28)33-24-26-23-22(19-8-4-5-9-20(19)32-23)27(24)17-6-2-1-3-7-17/h1-3,6-7,10-13H,4-5,8-9,14-15H2. The Labute approximate surface area is 214 Å². The highest BCUT2D eigenvalue weighted by molar-refractivity contribution is 9.10. The molecule has 0 unspecified atom stereocenters. The molecule has 0 spiro atoms. The van der Waals surface area contributed by atoms with Gasteiger partial charge in [-0.25, -0.2) is 4.98 Å². The number of halogens is 1. The molecule has 0 saturated heterocycles. The second kappa shape index (κ2) is 9.85. The third-order valence-electron chi connectivity index (χ3n) is 5.55.